The molecule has 1 atom stereocenters. The van der Waals surface area contributed by atoms with Crippen LogP contribution < -0.4 is 10.3 Å². The first-order chi connectivity index (χ1) is 11.7. The summed E-state index contributed by atoms with van der Waals surface area (Å²) in [5, 5.41) is 19.4. The second-order valence-electron chi connectivity index (χ2n) is 6.04. The van der Waals surface area contributed by atoms with Gasteiger partial charge in [0.25, 0.3) is 5.56 Å². The Labute approximate surface area is 145 Å². The van der Waals surface area contributed by atoms with Gasteiger partial charge in [0.2, 0.25) is 11.7 Å². The van der Waals surface area contributed by atoms with Crippen LogP contribution in [0.15, 0.2) is 23.0 Å². The Kier molecular flexibility index (Phi) is 4.98. The molecule has 0 saturated heterocycles. The van der Waals surface area contributed by atoms with Crippen molar-refractivity contribution in [2.75, 3.05) is 0 Å². The van der Waals surface area contributed by atoms with E-state index in [0.717, 1.165) is 15.7 Å². The van der Waals surface area contributed by atoms with E-state index in [1.165, 1.54) is 14.0 Å². The quantitative estimate of drug-likeness (QED) is 0.864. The second-order valence-corrected chi connectivity index (χ2v) is 6.04. The van der Waals surface area contributed by atoms with E-state index in [4.69, 9.17) is 10.00 Å². The lowest BCUT2D eigenvalue weighted by Gasteiger charge is -2.18. The predicted molar refractivity (Wildman–Crippen MR) is 93.1 cm³/mol. The minimum atomic E-state index is -0.893. The number of ketones is 1. The van der Waals surface area contributed by atoms with Crippen LogP contribution in [0.5, 0.6) is 11.6 Å². The molecule has 1 heterocycles. The molecule has 0 amide bonds. The van der Waals surface area contributed by atoms with E-state index in [2.05, 4.69) is 0 Å². The summed E-state index contributed by atoms with van der Waals surface area (Å²) in [5.41, 5.74) is 1.42. The molecule has 1 unspecified atom stereocenters. The molecule has 6 heteroatoms. The van der Waals surface area contributed by atoms with Crippen molar-refractivity contribution in [2.24, 2.45) is 7.05 Å². The van der Waals surface area contributed by atoms with Crippen molar-refractivity contribution in [3.05, 3.63) is 56.4 Å². The first-order valence-electron chi connectivity index (χ1n) is 7.79. The first-order valence-corrected chi connectivity index (χ1v) is 7.79. The van der Waals surface area contributed by atoms with Crippen molar-refractivity contribution in [3.63, 3.8) is 0 Å². The number of pyridine rings is 1. The van der Waals surface area contributed by atoms with Crippen LogP contribution in [-0.2, 0) is 7.05 Å². The highest BCUT2D eigenvalue weighted by Crippen LogP contribution is 2.24. The maximum Gasteiger partial charge on any atom is 0.271 e. The smallest absolute Gasteiger partial charge is 0.271 e. The van der Waals surface area contributed by atoms with Crippen molar-refractivity contribution in [1.29, 1.82) is 5.26 Å². The number of aryl methyl sites for hydroxylation is 2. The number of carbonyl (C=O) groups excluding carboxylic acids is 1. The van der Waals surface area contributed by atoms with E-state index in [1.807, 2.05) is 26.0 Å². The fourth-order valence-corrected chi connectivity index (χ4v) is 2.56. The molecule has 0 radical (unpaired) electrons. The van der Waals surface area contributed by atoms with E-state index < -0.39 is 23.3 Å². The molecule has 0 bridgehead atoms. The van der Waals surface area contributed by atoms with Gasteiger partial charge in [-0.3, -0.25) is 14.2 Å². The zero-order valence-corrected chi connectivity index (χ0v) is 14.9. The Bertz CT molecular complexity index is 951. The van der Waals surface area contributed by atoms with Crippen LogP contribution >= 0.6 is 0 Å². The molecule has 0 aliphatic carbocycles. The Morgan fingerprint density at radius 3 is 2.48 bits per heavy atom. The number of ether oxygens (including phenoxy) is 1. The van der Waals surface area contributed by atoms with Gasteiger partial charge in [0.15, 0.2) is 6.10 Å². The molecule has 0 aliphatic heterocycles. The number of nitrogens with zero attached hydrogens (tertiary/aromatic N) is 2. The number of Topliss-reactive ketones (excluding diaryl/α,β-unsaturated/α-hetero) is 1. The van der Waals surface area contributed by atoms with Gasteiger partial charge in [-0.25, -0.2) is 0 Å². The van der Waals surface area contributed by atoms with Crippen LogP contribution in [0, 0.1) is 32.1 Å². The third-order valence-electron chi connectivity index (χ3n) is 4.33. The summed E-state index contributed by atoms with van der Waals surface area (Å²) in [7, 11) is 1.31. The second kappa shape index (κ2) is 6.81. The molecule has 0 fully saturated rings. The van der Waals surface area contributed by atoms with E-state index in [-0.39, 0.29) is 16.7 Å². The maximum absolute atomic E-state index is 12.8. The maximum atomic E-state index is 12.8. The van der Waals surface area contributed by atoms with Gasteiger partial charge in [-0.15, -0.1) is 0 Å². The van der Waals surface area contributed by atoms with E-state index in [1.54, 1.807) is 19.1 Å². The highest BCUT2D eigenvalue weighted by molar-refractivity contribution is 6.03. The van der Waals surface area contributed by atoms with Crippen molar-refractivity contribution >= 4 is 5.78 Å². The van der Waals surface area contributed by atoms with E-state index in [9.17, 15) is 14.7 Å². The normalized spacial score (nSPS) is 11.7. The first kappa shape index (κ1) is 18.3. The average molecular weight is 340 g/mol. The third kappa shape index (κ3) is 3.26. The molecule has 0 aliphatic rings. The summed E-state index contributed by atoms with van der Waals surface area (Å²) in [6.45, 7) is 6.95. The van der Waals surface area contributed by atoms with Crippen LogP contribution in [0.3, 0.4) is 0 Å². The lowest BCUT2D eigenvalue weighted by atomic mass is 9.99. The van der Waals surface area contributed by atoms with Crippen molar-refractivity contribution in [1.82, 2.24) is 4.57 Å². The molecule has 1 aromatic heterocycles. The summed E-state index contributed by atoms with van der Waals surface area (Å²) in [4.78, 5) is 24.7. The fraction of sp³-hybridized carbons (Fsp3) is 0.316. The molecule has 2 rings (SSSR count). The van der Waals surface area contributed by atoms with Crippen molar-refractivity contribution < 1.29 is 14.6 Å². The molecular weight excluding hydrogens is 320 g/mol. The number of hydrogen-bond acceptors (Lipinski definition) is 5. The Balaban J connectivity index is 2.43. The van der Waals surface area contributed by atoms with Gasteiger partial charge in [-0.1, -0.05) is 6.07 Å². The molecular formula is C19H20N2O4. The lowest BCUT2D eigenvalue weighted by molar-refractivity contribution is 0.0812. The molecule has 0 saturated carbocycles. The number of carbonyl (C=O) groups is 1. The van der Waals surface area contributed by atoms with Gasteiger partial charge in [-0.2, -0.15) is 5.26 Å². The highest BCUT2D eigenvalue weighted by Gasteiger charge is 2.27. The van der Waals surface area contributed by atoms with Crippen LogP contribution in [0.1, 0.15) is 39.5 Å². The number of hydrogen-bond donors (Lipinski definition) is 1. The van der Waals surface area contributed by atoms with Gasteiger partial charge in [0.05, 0.1) is 5.56 Å². The number of aromatic nitrogens is 1. The van der Waals surface area contributed by atoms with Gasteiger partial charge >= 0.3 is 0 Å². The van der Waals surface area contributed by atoms with E-state index >= 15 is 0 Å². The number of benzene rings is 1. The van der Waals surface area contributed by atoms with Gasteiger partial charge in [0, 0.05) is 7.05 Å². The van der Waals surface area contributed by atoms with Crippen molar-refractivity contribution in [3.8, 4) is 17.7 Å². The fourth-order valence-electron chi connectivity index (χ4n) is 2.56. The summed E-state index contributed by atoms with van der Waals surface area (Å²) < 4.78 is 6.58. The zero-order chi connectivity index (χ0) is 18.9. The molecule has 130 valence electrons. The van der Waals surface area contributed by atoms with Gasteiger partial charge < -0.3 is 9.84 Å². The summed E-state index contributed by atoms with van der Waals surface area (Å²) in [6, 6.07) is 7.28. The Morgan fingerprint density at radius 2 is 1.92 bits per heavy atom. The van der Waals surface area contributed by atoms with Crippen LogP contribution in [0.2, 0.25) is 0 Å². The topological polar surface area (TPSA) is 92.3 Å². The number of rotatable bonds is 4. The highest BCUT2D eigenvalue weighted by atomic mass is 16.5. The summed E-state index contributed by atoms with van der Waals surface area (Å²) in [6.07, 6.45) is -0.893. The Morgan fingerprint density at radius 1 is 1.28 bits per heavy atom. The predicted octanol–water partition coefficient (Wildman–Crippen LogP) is 2.54. The molecule has 2 aromatic rings. The standard InChI is InChI=1S/C19H20N2O4/c1-10-6-7-14(8-11(10)2)25-13(4)17(22)16-12(3)15(9-20)18(23)21(5)19(16)24/h6-8,13,24H,1-5H3. The zero-order valence-electron chi connectivity index (χ0n) is 14.9. The SMILES string of the molecule is Cc1ccc(OC(C)C(=O)c2c(C)c(C#N)c(=O)n(C)c2O)cc1C. The largest absolute Gasteiger partial charge is 0.494 e. The number of aromatic hydroxyl groups is 1. The molecule has 6 nitrogen and oxygen atoms in total. The van der Waals surface area contributed by atoms with Gasteiger partial charge in [-0.05, 0) is 56.5 Å². The van der Waals surface area contributed by atoms with Crippen molar-refractivity contribution in [2.45, 2.75) is 33.8 Å². The minimum Gasteiger partial charge on any atom is -0.494 e. The van der Waals surface area contributed by atoms with E-state index in [0.29, 0.717) is 5.75 Å². The van der Waals surface area contributed by atoms with Gasteiger partial charge in [0.1, 0.15) is 17.4 Å². The Hall–Kier alpha value is -3.07. The average Bonchev–Trinajstić information content (AvgIpc) is 2.56. The molecule has 1 N–H and O–H groups in total. The summed E-state index contributed by atoms with van der Waals surface area (Å²) in [5.74, 6) is -0.436. The lowest BCUT2D eigenvalue weighted by Crippen LogP contribution is -2.29. The molecule has 1 aromatic carbocycles. The van der Waals surface area contributed by atoms with Crippen LogP contribution in [-0.4, -0.2) is 21.6 Å². The minimum absolute atomic E-state index is 0.0741. The third-order valence-corrected chi connectivity index (χ3v) is 4.33. The molecule has 0 spiro atoms. The monoisotopic (exact) mass is 340 g/mol. The van der Waals surface area contributed by atoms with Crippen LogP contribution in [0.4, 0.5) is 0 Å². The van der Waals surface area contributed by atoms with Crippen LogP contribution in [0.25, 0.3) is 0 Å². The number of nitriles is 1. The molecule has 25 heavy (non-hydrogen) atoms. The summed E-state index contributed by atoms with van der Waals surface area (Å²) >= 11 is 0.